The number of carbonyl (C=O) groups is 1. The summed E-state index contributed by atoms with van der Waals surface area (Å²) in [4.78, 5) is 11.7. The molecule has 1 heterocycles. The summed E-state index contributed by atoms with van der Waals surface area (Å²) in [5.74, 6) is -0.0754. The van der Waals surface area contributed by atoms with E-state index in [1.807, 2.05) is 0 Å². The molecule has 0 fully saturated rings. The van der Waals surface area contributed by atoms with Gasteiger partial charge in [-0.3, -0.25) is 4.79 Å². The van der Waals surface area contributed by atoms with Crippen molar-refractivity contribution in [2.24, 2.45) is 0 Å². The normalized spacial score (nSPS) is 20.1. The second-order valence-electron chi connectivity index (χ2n) is 3.16. The van der Waals surface area contributed by atoms with Crippen LogP contribution in [0.3, 0.4) is 0 Å². The van der Waals surface area contributed by atoms with Crippen LogP contribution in [0.2, 0.25) is 0 Å². The van der Waals surface area contributed by atoms with Crippen LogP contribution < -0.4 is 10.1 Å². The van der Waals surface area contributed by atoms with Gasteiger partial charge in [0.1, 0.15) is 24.2 Å². The number of ketones is 1. The highest BCUT2D eigenvalue weighted by Gasteiger charge is 2.27. The van der Waals surface area contributed by atoms with Crippen LogP contribution >= 0.6 is 0 Å². The number of nitrogens with one attached hydrogen (secondary N) is 1. The molecule has 0 aliphatic carbocycles. The standard InChI is InChI=1S/C10H10FNO2/c1-12-8-5-14-9-3-2-6(11)4-7(9)10(8)13/h2-4,8,12H,5H2,1H3. The Hall–Kier alpha value is -1.42. The maximum atomic E-state index is 12.9. The highest BCUT2D eigenvalue weighted by atomic mass is 19.1. The van der Waals surface area contributed by atoms with E-state index in [-0.39, 0.29) is 11.8 Å². The van der Waals surface area contributed by atoms with E-state index >= 15 is 0 Å². The fourth-order valence-corrected chi connectivity index (χ4v) is 1.47. The second-order valence-corrected chi connectivity index (χ2v) is 3.16. The van der Waals surface area contributed by atoms with E-state index in [1.54, 1.807) is 7.05 Å². The topological polar surface area (TPSA) is 38.3 Å². The third-order valence-electron chi connectivity index (χ3n) is 2.28. The number of ether oxygens (including phenoxy) is 1. The van der Waals surface area contributed by atoms with Crippen molar-refractivity contribution in [3.63, 3.8) is 0 Å². The van der Waals surface area contributed by atoms with Crippen molar-refractivity contribution in [2.45, 2.75) is 6.04 Å². The Kier molecular flexibility index (Phi) is 2.21. The number of carbonyl (C=O) groups excluding carboxylic acids is 1. The average molecular weight is 195 g/mol. The van der Waals surface area contributed by atoms with Crippen LogP contribution in [0.4, 0.5) is 4.39 Å². The minimum atomic E-state index is -0.419. The molecule has 0 saturated carbocycles. The lowest BCUT2D eigenvalue weighted by molar-refractivity contribution is 0.0876. The average Bonchev–Trinajstić information content (AvgIpc) is 2.20. The Bertz CT molecular complexity index is 378. The zero-order valence-electron chi connectivity index (χ0n) is 7.71. The molecule has 0 spiro atoms. The molecular formula is C10H10FNO2. The van der Waals surface area contributed by atoms with Crippen LogP contribution in [-0.4, -0.2) is 25.5 Å². The molecule has 0 amide bonds. The summed E-state index contributed by atoms with van der Waals surface area (Å²) in [7, 11) is 1.68. The molecule has 3 nitrogen and oxygen atoms in total. The first-order chi connectivity index (χ1) is 6.72. The molecule has 1 unspecified atom stereocenters. The number of halogens is 1. The summed E-state index contributed by atoms with van der Waals surface area (Å²) in [5.41, 5.74) is 0.315. The van der Waals surface area contributed by atoms with E-state index in [2.05, 4.69) is 5.32 Å². The van der Waals surface area contributed by atoms with Crippen molar-refractivity contribution < 1.29 is 13.9 Å². The van der Waals surface area contributed by atoms with Gasteiger partial charge >= 0.3 is 0 Å². The summed E-state index contributed by atoms with van der Waals surface area (Å²) >= 11 is 0. The van der Waals surface area contributed by atoms with Crippen molar-refractivity contribution in [1.29, 1.82) is 0 Å². The van der Waals surface area contributed by atoms with Gasteiger partial charge in [0.05, 0.1) is 5.56 Å². The molecule has 1 aromatic carbocycles. The van der Waals surface area contributed by atoms with Crippen molar-refractivity contribution in [2.75, 3.05) is 13.7 Å². The van der Waals surface area contributed by atoms with Crippen LogP contribution in [0.25, 0.3) is 0 Å². The lowest BCUT2D eigenvalue weighted by Gasteiger charge is -2.23. The molecule has 74 valence electrons. The van der Waals surface area contributed by atoms with Crippen molar-refractivity contribution >= 4 is 5.78 Å². The quantitative estimate of drug-likeness (QED) is 0.726. The Labute approximate surface area is 80.9 Å². The summed E-state index contributed by atoms with van der Waals surface area (Å²) in [6.07, 6.45) is 0. The van der Waals surface area contributed by atoms with Gasteiger partial charge < -0.3 is 10.1 Å². The maximum Gasteiger partial charge on any atom is 0.187 e. The Morgan fingerprint density at radius 2 is 2.36 bits per heavy atom. The fraction of sp³-hybridized carbons (Fsp3) is 0.300. The second kappa shape index (κ2) is 3.38. The summed E-state index contributed by atoms with van der Waals surface area (Å²) in [5, 5.41) is 2.82. The van der Waals surface area contributed by atoms with E-state index in [0.29, 0.717) is 17.9 Å². The smallest absolute Gasteiger partial charge is 0.187 e. The highest BCUT2D eigenvalue weighted by molar-refractivity contribution is 6.03. The number of hydrogen-bond acceptors (Lipinski definition) is 3. The van der Waals surface area contributed by atoms with Gasteiger partial charge in [0.15, 0.2) is 5.78 Å². The molecule has 1 aromatic rings. The van der Waals surface area contributed by atoms with Crippen LogP contribution in [0.15, 0.2) is 18.2 Å². The molecule has 4 heteroatoms. The van der Waals surface area contributed by atoms with Crippen LogP contribution in [0.5, 0.6) is 5.75 Å². The lowest BCUT2D eigenvalue weighted by Crippen LogP contribution is -2.42. The fourth-order valence-electron chi connectivity index (χ4n) is 1.47. The molecule has 1 N–H and O–H groups in total. The van der Waals surface area contributed by atoms with Gasteiger partial charge in [-0.15, -0.1) is 0 Å². The van der Waals surface area contributed by atoms with E-state index in [1.165, 1.54) is 18.2 Å². The first kappa shape index (κ1) is 9.15. The summed E-state index contributed by atoms with van der Waals surface area (Å²) in [6, 6.07) is 3.60. The number of fused-ring (bicyclic) bond motifs is 1. The highest BCUT2D eigenvalue weighted by Crippen LogP contribution is 2.25. The van der Waals surface area contributed by atoms with Gasteiger partial charge in [-0.25, -0.2) is 4.39 Å². The van der Waals surface area contributed by atoms with Gasteiger partial charge in [-0.2, -0.15) is 0 Å². The zero-order chi connectivity index (χ0) is 10.1. The Morgan fingerprint density at radius 3 is 3.07 bits per heavy atom. The molecule has 2 rings (SSSR count). The van der Waals surface area contributed by atoms with Crippen molar-refractivity contribution in [1.82, 2.24) is 5.32 Å². The third-order valence-corrected chi connectivity index (χ3v) is 2.28. The van der Waals surface area contributed by atoms with Crippen LogP contribution in [0.1, 0.15) is 10.4 Å². The number of likely N-dealkylation sites (N-methyl/N-ethyl adjacent to an activating group) is 1. The number of Topliss-reactive ketones (excluding diaryl/α,β-unsaturated/α-hetero) is 1. The third kappa shape index (κ3) is 1.37. The maximum absolute atomic E-state index is 12.9. The largest absolute Gasteiger partial charge is 0.491 e. The molecule has 1 aliphatic rings. The SMILES string of the molecule is CNC1COc2ccc(F)cc2C1=O. The van der Waals surface area contributed by atoms with Crippen molar-refractivity contribution in [3.05, 3.63) is 29.6 Å². The molecule has 0 aromatic heterocycles. The molecular weight excluding hydrogens is 185 g/mol. The monoisotopic (exact) mass is 195 g/mol. The molecule has 14 heavy (non-hydrogen) atoms. The molecule has 1 aliphatic heterocycles. The number of benzene rings is 1. The number of hydrogen-bond donors (Lipinski definition) is 1. The minimum Gasteiger partial charge on any atom is -0.491 e. The first-order valence-electron chi connectivity index (χ1n) is 4.36. The van der Waals surface area contributed by atoms with Gasteiger partial charge in [0.2, 0.25) is 0 Å². The lowest BCUT2D eigenvalue weighted by atomic mass is 10.0. The van der Waals surface area contributed by atoms with Gasteiger partial charge in [-0.05, 0) is 25.2 Å². The van der Waals surface area contributed by atoms with E-state index in [9.17, 15) is 9.18 Å². The molecule has 0 bridgehead atoms. The predicted octanol–water partition coefficient (Wildman–Crippen LogP) is 0.989. The minimum absolute atomic E-state index is 0.117. The van der Waals surface area contributed by atoms with Gasteiger partial charge in [0, 0.05) is 0 Å². The first-order valence-corrected chi connectivity index (χ1v) is 4.36. The van der Waals surface area contributed by atoms with Crippen LogP contribution in [-0.2, 0) is 0 Å². The summed E-state index contributed by atoms with van der Waals surface area (Å²) < 4.78 is 18.2. The van der Waals surface area contributed by atoms with Gasteiger partial charge in [0.25, 0.3) is 0 Å². The zero-order valence-corrected chi connectivity index (χ0v) is 7.71. The Morgan fingerprint density at radius 1 is 1.57 bits per heavy atom. The molecule has 1 atom stereocenters. The van der Waals surface area contributed by atoms with E-state index in [4.69, 9.17) is 4.74 Å². The van der Waals surface area contributed by atoms with E-state index < -0.39 is 5.82 Å². The Balaban J connectivity index is 2.43. The molecule has 0 radical (unpaired) electrons. The van der Waals surface area contributed by atoms with Crippen molar-refractivity contribution in [3.8, 4) is 5.75 Å². The predicted molar refractivity (Wildman–Crippen MR) is 49.1 cm³/mol. The number of rotatable bonds is 1. The summed E-state index contributed by atoms with van der Waals surface area (Å²) in [6.45, 7) is 0.300. The van der Waals surface area contributed by atoms with E-state index in [0.717, 1.165) is 0 Å². The van der Waals surface area contributed by atoms with Gasteiger partial charge in [-0.1, -0.05) is 0 Å². The molecule has 0 saturated heterocycles. The van der Waals surface area contributed by atoms with Crippen LogP contribution in [0, 0.1) is 5.82 Å².